The molecule has 0 saturated carbocycles. The summed E-state index contributed by atoms with van der Waals surface area (Å²) >= 11 is 0. The Morgan fingerprint density at radius 3 is 2.82 bits per heavy atom. The monoisotopic (exact) mass is 148 g/mol. The summed E-state index contributed by atoms with van der Waals surface area (Å²) in [6.07, 6.45) is 3.57. The van der Waals surface area contributed by atoms with Crippen molar-refractivity contribution in [3.05, 3.63) is 36.7 Å². The molecule has 1 aromatic heterocycles. The molecule has 0 spiro atoms. The van der Waals surface area contributed by atoms with Gasteiger partial charge in [-0.2, -0.15) is 0 Å². The Morgan fingerprint density at radius 1 is 1.18 bits per heavy atom. The van der Waals surface area contributed by atoms with Gasteiger partial charge in [-0.15, -0.1) is 0 Å². The number of rotatable bonds is 0. The van der Waals surface area contributed by atoms with Crippen LogP contribution in [0.2, 0.25) is 0 Å². The standard InChI is InChI=1S/C8H6N2.H2O/c1-2-4-8-7(3-1)9-5-6-10-8;/h1-6H;1H2. The predicted octanol–water partition coefficient (Wildman–Crippen LogP) is 0.872. The van der Waals surface area contributed by atoms with Crippen LogP contribution in [0, 0.1) is 0 Å². The van der Waals surface area contributed by atoms with Gasteiger partial charge < -0.3 is 5.48 Å². The molecule has 0 radical (unpaired) electrons. The Balaban J connectivity index is 0.000000605. The highest BCUT2D eigenvalue weighted by Crippen LogP contribution is 2.01. The molecule has 0 unspecified atom stereocenters. The van der Waals surface area contributed by atoms with Crippen LogP contribution in [0.25, 0.3) is 11.0 Å². The fourth-order valence-corrected chi connectivity index (χ4v) is 0.953. The first kappa shape index (κ1) is 7.63. The molecule has 0 aliphatic carbocycles. The van der Waals surface area contributed by atoms with Crippen molar-refractivity contribution in [3.8, 4) is 0 Å². The second-order valence-electron chi connectivity index (χ2n) is 2.11. The van der Waals surface area contributed by atoms with Crippen molar-refractivity contribution >= 4 is 11.0 Å². The van der Waals surface area contributed by atoms with Gasteiger partial charge in [-0.1, -0.05) is 12.1 Å². The van der Waals surface area contributed by atoms with Crippen molar-refractivity contribution in [2.75, 3.05) is 0 Å². The lowest BCUT2D eigenvalue weighted by atomic mass is 10.3. The maximum absolute atomic E-state index is 4.15. The van der Waals surface area contributed by atoms with Crippen molar-refractivity contribution < 1.29 is 10.5 Å². The van der Waals surface area contributed by atoms with Crippen molar-refractivity contribution in [1.29, 1.82) is 0 Å². The van der Waals surface area contributed by atoms with Gasteiger partial charge in [0.15, 0.2) is 6.20 Å². The second-order valence-corrected chi connectivity index (χ2v) is 2.11. The number of aromatic amines is 1. The molecule has 0 atom stereocenters. The normalized spacial score (nSPS) is 9.09. The topological polar surface area (TPSA) is 57.0 Å². The van der Waals surface area contributed by atoms with Crippen molar-refractivity contribution in [2.45, 2.75) is 0 Å². The van der Waals surface area contributed by atoms with E-state index in [0.717, 1.165) is 11.0 Å². The lowest BCUT2D eigenvalue weighted by Gasteiger charge is -1.85. The van der Waals surface area contributed by atoms with E-state index in [9.17, 15) is 0 Å². The zero-order valence-electron chi connectivity index (χ0n) is 5.86. The number of hydrogen-bond donors (Lipinski definition) is 0. The molecule has 11 heavy (non-hydrogen) atoms. The number of para-hydroxylation sites is 2. The summed E-state index contributed by atoms with van der Waals surface area (Å²) in [4.78, 5) is 7.24. The lowest BCUT2D eigenvalue weighted by molar-refractivity contribution is -0.345. The molecule has 3 nitrogen and oxygen atoms in total. The van der Waals surface area contributed by atoms with E-state index in [-0.39, 0.29) is 5.48 Å². The molecule has 2 N–H and O–H groups in total. The van der Waals surface area contributed by atoms with Gasteiger partial charge in [0.25, 0.3) is 0 Å². The first-order chi connectivity index (χ1) is 4.97. The summed E-state index contributed by atoms with van der Waals surface area (Å²) in [6.45, 7) is 0. The van der Waals surface area contributed by atoms with Crippen molar-refractivity contribution in [3.63, 3.8) is 0 Å². The molecular formula is C8H8N2O. The molecule has 0 aliphatic heterocycles. The van der Waals surface area contributed by atoms with Gasteiger partial charge in [-0.3, -0.25) is 0 Å². The van der Waals surface area contributed by atoms with E-state index in [4.69, 9.17) is 0 Å². The Labute approximate surface area is 64.0 Å². The molecule has 3 heteroatoms. The highest BCUT2D eigenvalue weighted by molar-refractivity contribution is 5.69. The Kier molecular flexibility index (Phi) is 2.13. The van der Waals surface area contributed by atoms with Crippen LogP contribution in [0.5, 0.6) is 0 Å². The van der Waals surface area contributed by atoms with Crippen LogP contribution in [0.3, 0.4) is 0 Å². The van der Waals surface area contributed by atoms with Crippen LogP contribution >= 0.6 is 0 Å². The Bertz CT molecular complexity index is 283. The Hall–Kier alpha value is -1.48. The molecule has 2 aromatic rings. The summed E-state index contributed by atoms with van der Waals surface area (Å²) < 4.78 is 0. The van der Waals surface area contributed by atoms with E-state index >= 15 is 0 Å². The quantitative estimate of drug-likeness (QED) is 0.556. The number of fused-ring (bicyclic) bond motifs is 1. The van der Waals surface area contributed by atoms with Crippen LogP contribution in [0.4, 0.5) is 0 Å². The van der Waals surface area contributed by atoms with E-state index in [1.54, 1.807) is 6.20 Å². The fourth-order valence-electron chi connectivity index (χ4n) is 0.953. The van der Waals surface area contributed by atoms with E-state index in [2.05, 4.69) is 9.97 Å². The number of aromatic nitrogens is 2. The van der Waals surface area contributed by atoms with Crippen LogP contribution < -0.4 is 4.98 Å². The Morgan fingerprint density at radius 2 is 2.00 bits per heavy atom. The van der Waals surface area contributed by atoms with Crippen molar-refractivity contribution in [2.24, 2.45) is 0 Å². The summed E-state index contributed by atoms with van der Waals surface area (Å²) in [5.41, 5.74) is 2.08. The summed E-state index contributed by atoms with van der Waals surface area (Å²) in [7, 11) is 0. The van der Waals surface area contributed by atoms with E-state index < -0.39 is 0 Å². The average Bonchev–Trinajstić information content (AvgIpc) is 2.05. The smallest absolute Gasteiger partial charge is 0.229 e. The molecule has 0 amide bonds. The van der Waals surface area contributed by atoms with E-state index in [1.165, 1.54) is 0 Å². The summed E-state index contributed by atoms with van der Waals surface area (Å²) in [5.74, 6) is 0. The molecule has 0 fully saturated rings. The predicted molar refractivity (Wildman–Crippen MR) is 40.2 cm³/mol. The van der Waals surface area contributed by atoms with Crippen LogP contribution in [-0.4, -0.2) is 10.5 Å². The molecule has 2 rings (SSSR count). The highest BCUT2D eigenvalue weighted by Gasteiger charge is 1.94. The first-order valence-corrected chi connectivity index (χ1v) is 3.18. The molecule has 0 aliphatic rings. The van der Waals surface area contributed by atoms with Gasteiger partial charge in [0.1, 0.15) is 5.52 Å². The third kappa shape index (κ3) is 1.33. The van der Waals surface area contributed by atoms with Crippen LogP contribution in [0.15, 0.2) is 36.7 Å². The number of hydrogen-bond acceptors (Lipinski definition) is 2. The number of benzene rings is 1. The van der Waals surface area contributed by atoms with Crippen LogP contribution in [-0.2, 0) is 0 Å². The maximum Gasteiger partial charge on any atom is 0.229 e. The fraction of sp³-hybridized carbons (Fsp3) is 0. The van der Waals surface area contributed by atoms with Crippen molar-refractivity contribution in [1.82, 2.24) is 4.98 Å². The third-order valence-electron chi connectivity index (χ3n) is 1.43. The minimum Gasteiger partial charge on any atom is -0.870 e. The maximum atomic E-state index is 4.15. The molecule has 0 bridgehead atoms. The third-order valence-corrected chi connectivity index (χ3v) is 1.43. The number of nitrogens with one attached hydrogen (secondary N) is 1. The largest absolute Gasteiger partial charge is 0.870 e. The lowest BCUT2D eigenvalue weighted by Crippen LogP contribution is -2.01. The van der Waals surface area contributed by atoms with Crippen LogP contribution in [0.1, 0.15) is 0 Å². The molecular weight excluding hydrogens is 140 g/mol. The van der Waals surface area contributed by atoms with Gasteiger partial charge in [0.05, 0.1) is 6.20 Å². The molecule has 56 valence electrons. The van der Waals surface area contributed by atoms with E-state index in [1.807, 2.05) is 30.5 Å². The van der Waals surface area contributed by atoms with E-state index in [0.29, 0.717) is 0 Å². The number of nitrogens with zero attached hydrogens (tertiary/aromatic N) is 1. The number of H-pyrrole nitrogens is 1. The zero-order valence-corrected chi connectivity index (χ0v) is 5.86. The average molecular weight is 148 g/mol. The molecule has 1 aromatic carbocycles. The molecule has 1 heterocycles. The SMILES string of the molecule is [OH-].c1ccc2[nH+]ccnc2c1. The second kappa shape index (κ2) is 3.07. The van der Waals surface area contributed by atoms with Gasteiger partial charge in [-0.25, -0.2) is 9.97 Å². The van der Waals surface area contributed by atoms with Gasteiger partial charge in [0, 0.05) is 6.07 Å². The summed E-state index contributed by atoms with van der Waals surface area (Å²) in [6, 6.07) is 7.94. The minimum atomic E-state index is 0. The first-order valence-electron chi connectivity index (χ1n) is 3.18. The highest BCUT2D eigenvalue weighted by atomic mass is 16.0. The van der Waals surface area contributed by atoms with Gasteiger partial charge in [0.2, 0.25) is 5.52 Å². The summed E-state index contributed by atoms with van der Waals surface area (Å²) in [5, 5.41) is 0. The minimum absolute atomic E-state index is 0. The van der Waals surface area contributed by atoms with Gasteiger partial charge in [-0.05, 0) is 6.07 Å². The zero-order chi connectivity index (χ0) is 6.81. The molecule has 0 saturated heterocycles. The van der Waals surface area contributed by atoms with Gasteiger partial charge >= 0.3 is 0 Å².